The summed E-state index contributed by atoms with van der Waals surface area (Å²) in [5.41, 5.74) is 7.60. The molecule has 0 spiro atoms. The van der Waals surface area contributed by atoms with Gasteiger partial charge in [-0.1, -0.05) is 33.3 Å². The van der Waals surface area contributed by atoms with Crippen molar-refractivity contribution in [3.05, 3.63) is 77.0 Å². The minimum absolute atomic E-state index is 0.0847. The topological polar surface area (TPSA) is 70.7 Å². The molecule has 1 aliphatic heterocycles. The molecule has 6 rings (SSSR count). The molecule has 2 aromatic carbocycles. The Bertz CT molecular complexity index is 1470. The number of aryl methyl sites for hydroxylation is 1. The van der Waals surface area contributed by atoms with Gasteiger partial charge in [-0.25, -0.2) is 9.36 Å². The van der Waals surface area contributed by atoms with Gasteiger partial charge >= 0.3 is 0 Å². The Balaban J connectivity index is 1.51. The zero-order chi connectivity index (χ0) is 23.1. The fourth-order valence-corrected chi connectivity index (χ4v) is 4.76. The van der Waals surface area contributed by atoms with Gasteiger partial charge in [-0.15, -0.1) is 5.10 Å². The molecular weight excluding hydrogens is 492 g/mol. The number of aromatic nitrogens is 6. The number of nitrogens with zero attached hydrogens (tertiary/aromatic N) is 6. The van der Waals surface area contributed by atoms with Crippen LogP contribution in [0.4, 0.5) is 0 Å². The Hall–Kier alpha value is -3.36. The average molecular weight is 515 g/mol. The molecule has 7 nitrogen and oxygen atoms in total. The van der Waals surface area contributed by atoms with Crippen LogP contribution in [0, 0.1) is 6.92 Å². The number of hydrogen-bond donors (Lipinski definition) is 0. The third-order valence-electron chi connectivity index (χ3n) is 6.18. The van der Waals surface area contributed by atoms with Crippen LogP contribution in [0.15, 0.2) is 71.3 Å². The molecule has 0 saturated carbocycles. The van der Waals surface area contributed by atoms with Crippen molar-refractivity contribution in [3.8, 4) is 28.2 Å². The molecule has 0 radical (unpaired) electrons. The van der Waals surface area contributed by atoms with Crippen molar-refractivity contribution >= 4 is 27.0 Å². The van der Waals surface area contributed by atoms with Gasteiger partial charge in [0.05, 0.1) is 28.8 Å². The van der Waals surface area contributed by atoms with Crippen LogP contribution >= 0.6 is 15.9 Å². The predicted molar refractivity (Wildman–Crippen MR) is 135 cm³/mol. The number of benzene rings is 2. The molecule has 1 saturated heterocycles. The molecular formula is C26H23BrN6O. The number of pyridine rings is 1. The Morgan fingerprint density at radius 2 is 1.91 bits per heavy atom. The zero-order valence-electron chi connectivity index (χ0n) is 18.7. The third kappa shape index (κ3) is 3.82. The first-order valence-corrected chi connectivity index (χ1v) is 12.2. The standard InChI is InChI=1S/C26H23BrN6O/c1-17-5-4-6-23(29-17)26-21(16-28-33(26)25-7-2-3-14-34-25)18-8-13-22-24(15-18)32(31-30-22)20-11-9-19(27)10-12-20/h4-6,8-13,15-16,25H,2-3,7,14H2,1H3. The van der Waals surface area contributed by atoms with E-state index >= 15 is 0 Å². The molecule has 0 aliphatic carbocycles. The van der Waals surface area contributed by atoms with E-state index in [2.05, 4.69) is 38.4 Å². The van der Waals surface area contributed by atoms with E-state index < -0.39 is 0 Å². The van der Waals surface area contributed by atoms with Crippen LogP contribution < -0.4 is 0 Å². The summed E-state index contributed by atoms with van der Waals surface area (Å²) < 4.78 is 11.0. The maximum atomic E-state index is 6.09. The molecule has 1 fully saturated rings. The maximum absolute atomic E-state index is 6.09. The van der Waals surface area contributed by atoms with Gasteiger partial charge in [0.25, 0.3) is 0 Å². The molecule has 0 amide bonds. The Morgan fingerprint density at radius 3 is 2.71 bits per heavy atom. The fraction of sp³-hybridized carbons (Fsp3) is 0.231. The molecule has 1 atom stereocenters. The summed E-state index contributed by atoms with van der Waals surface area (Å²) in [6.07, 6.45) is 5.00. The van der Waals surface area contributed by atoms with Crippen LogP contribution in [-0.2, 0) is 4.74 Å². The predicted octanol–water partition coefficient (Wildman–Crippen LogP) is 6.12. The van der Waals surface area contributed by atoms with Gasteiger partial charge in [0.1, 0.15) is 5.52 Å². The van der Waals surface area contributed by atoms with Crippen molar-refractivity contribution in [1.29, 1.82) is 0 Å². The molecule has 1 unspecified atom stereocenters. The normalized spacial score (nSPS) is 16.2. The largest absolute Gasteiger partial charge is 0.356 e. The Labute approximate surface area is 205 Å². The maximum Gasteiger partial charge on any atom is 0.150 e. The lowest BCUT2D eigenvalue weighted by Gasteiger charge is -2.24. The van der Waals surface area contributed by atoms with Gasteiger partial charge in [-0.3, -0.25) is 4.98 Å². The van der Waals surface area contributed by atoms with Crippen LogP contribution in [0.2, 0.25) is 0 Å². The van der Waals surface area contributed by atoms with E-state index in [9.17, 15) is 0 Å². The lowest BCUT2D eigenvalue weighted by Crippen LogP contribution is -2.20. The third-order valence-corrected chi connectivity index (χ3v) is 6.71. The number of hydrogen-bond acceptors (Lipinski definition) is 5. The van der Waals surface area contributed by atoms with E-state index in [0.29, 0.717) is 0 Å². The molecule has 5 aromatic rings. The van der Waals surface area contributed by atoms with E-state index in [1.807, 2.05) is 71.0 Å². The minimum atomic E-state index is -0.0847. The second kappa shape index (κ2) is 8.77. The summed E-state index contributed by atoms with van der Waals surface area (Å²) in [7, 11) is 0. The average Bonchev–Trinajstić information content (AvgIpc) is 3.49. The van der Waals surface area contributed by atoms with E-state index in [4.69, 9.17) is 14.8 Å². The van der Waals surface area contributed by atoms with E-state index in [1.165, 1.54) is 0 Å². The van der Waals surface area contributed by atoms with Crippen molar-refractivity contribution in [2.45, 2.75) is 32.4 Å². The lowest BCUT2D eigenvalue weighted by molar-refractivity contribution is -0.0383. The highest BCUT2D eigenvalue weighted by Crippen LogP contribution is 2.36. The summed E-state index contributed by atoms with van der Waals surface area (Å²) in [5, 5.41) is 13.6. The van der Waals surface area contributed by atoms with Crippen molar-refractivity contribution in [3.63, 3.8) is 0 Å². The van der Waals surface area contributed by atoms with Crippen molar-refractivity contribution < 1.29 is 4.74 Å². The first-order valence-electron chi connectivity index (χ1n) is 11.4. The first kappa shape index (κ1) is 21.2. The van der Waals surface area contributed by atoms with E-state index in [0.717, 1.165) is 75.3 Å². The number of rotatable bonds is 4. The highest BCUT2D eigenvalue weighted by atomic mass is 79.9. The molecule has 1 aliphatic rings. The number of ether oxygens (including phenoxy) is 1. The second-order valence-corrected chi connectivity index (χ2v) is 9.43. The molecule has 8 heteroatoms. The summed E-state index contributed by atoms with van der Waals surface area (Å²) >= 11 is 3.50. The molecule has 170 valence electrons. The first-order chi connectivity index (χ1) is 16.7. The van der Waals surface area contributed by atoms with Gasteiger partial charge in [0.2, 0.25) is 0 Å². The van der Waals surface area contributed by atoms with Gasteiger partial charge in [0.15, 0.2) is 6.23 Å². The van der Waals surface area contributed by atoms with Crippen LogP contribution in [0.3, 0.4) is 0 Å². The molecule has 0 bridgehead atoms. The lowest BCUT2D eigenvalue weighted by atomic mass is 10.0. The summed E-state index contributed by atoms with van der Waals surface area (Å²) in [6.45, 7) is 2.76. The highest BCUT2D eigenvalue weighted by Gasteiger charge is 2.24. The quantitative estimate of drug-likeness (QED) is 0.289. The minimum Gasteiger partial charge on any atom is -0.356 e. The zero-order valence-corrected chi connectivity index (χ0v) is 20.3. The number of fused-ring (bicyclic) bond motifs is 1. The van der Waals surface area contributed by atoms with Crippen molar-refractivity contribution in [2.75, 3.05) is 6.61 Å². The SMILES string of the molecule is Cc1cccc(-c2c(-c3ccc4nnn(-c5ccc(Br)cc5)c4c3)cnn2C2CCCCO2)n1. The molecule has 34 heavy (non-hydrogen) atoms. The van der Waals surface area contributed by atoms with Gasteiger partial charge in [-0.2, -0.15) is 5.10 Å². The van der Waals surface area contributed by atoms with Crippen LogP contribution in [0.25, 0.3) is 39.2 Å². The Morgan fingerprint density at radius 1 is 1.03 bits per heavy atom. The van der Waals surface area contributed by atoms with E-state index in [-0.39, 0.29) is 6.23 Å². The second-order valence-electron chi connectivity index (χ2n) is 8.52. The smallest absolute Gasteiger partial charge is 0.150 e. The summed E-state index contributed by atoms with van der Waals surface area (Å²) in [4.78, 5) is 4.83. The van der Waals surface area contributed by atoms with Crippen molar-refractivity contribution in [1.82, 2.24) is 29.8 Å². The van der Waals surface area contributed by atoms with Crippen LogP contribution in [0.5, 0.6) is 0 Å². The van der Waals surface area contributed by atoms with Gasteiger partial charge in [0, 0.05) is 22.3 Å². The molecule has 4 heterocycles. The monoisotopic (exact) mass is 514 g/mol. The molecule has 0 N–H and O–H groups in total. The number of halogens is 1. The van der Waals surface area contributed by atoms with Crippen LogP contribution in [0.1, 0.15) is 31.2 Å². The fourth-order valence-electron chi connectivity index (χ4n) is 4.50. The van der Waals surface area contributed by atoms with Crippen LogP contribution in [-0.4, -0.2) is 36.4 Å². The Kier molecular flexibility index (Phi) is 5.47. The summed E-state index contributed by atoms with van der Waals surface area (Å²) in [6, 6.07) is 20.3. The van der Waals surface area contributed by atoms with Gasteiger partial charge < -0.3 is 4.74 Å². The molecule has 3 aromatic heterocycles. The highest BCUT2D eigenvalue weighted by molar-refractivity contribution is 9.10. The summed E-state index contributed by atoms with van der Waals surface area (Å²) in [5.74, 6) is 0. The van der Waals surface area contributed by atoms with E-state index in [1.54, 1.807) is 0 Å². The van der Waals surface area contributed by atoms with Crippen molar-refractivity contribution in [2.24, 2.45) is 0 Å². The van der Waals surface area contributed by atoms with Gasteiger partial charge in [-0.05, 0) is 80.3 Å².